The first-order valence-electron chi connectivity index (χ1n) is 15.0. The van der Waals surface area contributed by atoms with Crippen LogP contribution in [0.15, 0.2) is 60.9 Å². The molecule has 8 nitrogen and oxygen atoms in total. The average Bonchev–Trinajstić information content (AvgIpc) is 3.03. The zero-order valence-electron chi connectivity index (χ0n) is 25.5. The van der Waals surface area contributed by atoms with Crippen molar-refractivity contribution in [1.29, 1.82) is 0 Å². The van der Waals surface area contributed by atoms with Crippen molar-refractivity contribution in [3.8, 4) is 11.1 Å². The minimum atomic E-state index is -1.37. The minimum Gasteiger partial charge on any atom is -0.453 e. The zero-order valence-corrected chi connectivity index (χ0v) is 26.3. The first-order chi connectivity index (χ1) is 20.7. The number of benzene rings is 2. The van der Waals surface area contributed by atoms with Crippen LogP contribution >= 0.6 is 11.6 Å². The van der Waals surface area contributed by atoms with E-state index in [4.69, 9.17) is 16.3 Å². The van der Waals surface area contributed by atoms with Crippen LogP contribution in [0.4, 0.5) is 4.79 Å². The molecule has 1 fully saturated rings. The van der Waals surface area contributed by atoms with E-state index in [9.17, 15) is 14.7 Å². The van der Waals surface area contributed by atoms with E-state index in [1.807, 2.05) is 48.3 Å². The fraction of sp³-hybridized carbons (Fsp3) is 0.441. The lowest BCUT2D eigenvalue weighted by molar-refractivity contribution is -0.0565. The number of halogens is 1. The number of amides is 2. The van der Waals surface area contributed by atoms with Gasteiger partial charge in [0.15, 0.2) is 0 Å². The molecule has 0 spiro atoms. The lowest BCUT2D eigenvalue weighted by Gasteiger charge is -2.43. The van der Waals surface area contributed by atoms with Gasteiger partial charge in [-0.3, -0.25) is 9.78 Å². The highest BCUT2D eigenvalue weighted by Gasteiger charge is 2.43. The minimum absolute atomic E-state index is 0.0514. The molecule has 2 unspecified atom stereocenters. The molecule has 9 heteroatoms. The molecule has 1 aliphatic rings. The summed E-state index contributed by atoms with van der Waals surface area (Å²) in [7, 11) is 3.21. The number of alkyl carbamates (subject to hydrolysis) is 1. The molecule has 1 aromatic heterocycles. The monoisotopic (exact) mass is 606 g/mol. The smallest absolute Gasteiger partial charge is 0.406 e. The normalized spacial score (nSPS) is 16.5. The molecule has 43 heavy (non-hydrogen) atoms. The Morgan fingerprint density at radius 2 is 1.95 bits per heavy atom. The van der Waals surface area contributed by atoms with E-state index in [2.05, 4.69) is 41.6 Å². The number of ether oxygens (including phenoxy) is 1. The van der Waals surface area contributed by atoms with Crippen LogP contribution in [0.25, 0.3) is 11.1 Å². The number of pyridine rings is 1. The number of carbonyl (C=O) groups excluding carboxylic acids is 2. The number of likely N-dealkylation sites (tertiary alicyclic amines) is 1. The van der Waals surface area contributed by atoms with Crippen LogP contribution in [0.2, 0.25) is 5.02 Å². The third-order valence-electron chi connectivity index (χ3n) is 8.36. The molecule has 2 amide bonds. The molecule has 1 saturated heterocycles. The largest absolute Gasteiger partial charge is 0.453 e. The summed E-state index contributed by atoms with van der Waals surface area (Å²) < 4.78 is 4.72. The van der Waals surface area contributed by atoms with Crippen molar-refractivity contribution in [2.45, 2.75) is 57.6 Å². The Labute approximate surface area is 259 Å². The van der Waals surface area contributed by atoms with Crippen molar-refractivity contribution in [2.24, 2.45) is 5.92 Å². The van der Waals surface area contributed by atoms with Gasteiger partial charge in [0.05, 0.1) is 17.7 Å². The second kappa shape index (κ2) is 14.8. The summed E-state index contributed by atoms with van der Waals surface area (Å²) in [4.78, 5) is 31.6. The molecule has 4 rings (SSSR count). The Bertz CT molecular complexity index is 1400. The van der Waals surface area contributed by atoms with Gasteiger partial charge >= 0.3 is 6.09 Å². The summed E-state index contributed by atoms with van der Waals surface area (Å²) >= 11 is 6.84. The van der Waals surface area contributed by atoms with Crippen LogP contribution in [0, 0.1) is 5.92 Å². The van der Waals surface area contributed by atoms with Crippen LogP contribution in [0.3, 0.4) is 0 Å². The van der Waals surface area contributed by atoms with Gasteiger partial charge in [-0.1, -0.05) is 61.8 Å². The average molecular weight is 607 g/mol. The van der Waals surface area contributed by atoms with Gasteiger partial charge in [0.25, 0.3) is 5.91 Å². The molecular formula is C34H43ClN4O4. The number of hydrogen-bond acceptors (Lipinski definition) is 6. The van der Waals surface area contributed by atoms with Gasteiger partial charge in [-0.05, 0) is 67.5 Å². The number of carbonyl (C=O) groups is 2. The van der Waals surface area contributed by atoms with Gasteiger partial charge in [-0.15, -0.1) is 0 Å². The van der Waals surface area contributed by atoms with Gasteiger partial charge in [0.1, 0.15) is 0 Å². The van der Waals surface area contributed by atoms with Crippen molar-refractivity contribution < 1.29 is 19.4 Å². The molecule has 0 aliphatic carbocycles. The Balaban J connectivity index is 1.70. The first-order valence-corrected chi connectivity index (χ1v) is 15.4. The predicted octanol–water partition coefficient (Wildman–Crippen LogP) is 6.12. The Kier molecular flexibility index (Phi) is 11.2. The van der Waals surface area contributed by atoms with Gasteiger partial charge in [0, 0.05) is 61.2 Å². The maximum absolute atomic E-state index is 13.6. The molecule has 0 radical (unpaired) electrons. The second-order valence-corrected chi connectivity index (χ2v) is 12.0. The van der Waals surface area contributed by atoms with Crippen LogP contribution in [-0.4, -0.2) is 60.8 Å². The molecule has 0 bridgehead atoms. The van der Waals surface area contributed by atoms with Crippen molar-refractivity contribution >= 4 is 23.6 Å². The number of methoxy groups -OCH3 is 1. The maximum Gasteiger partial charge on any atom is 0.406 e. The number of piperidine rings is 1. The third kappa shape index (κ3) is 7.74. The molecule has 1 aliphatic heterocycles. The molecular weight excluding hydrogens is 564 g/mol. The molecule has 2 atom stereocenters. The van der Waals surface area contributed by atoms with Gasteiger partial charge in [-0.2, -0.15) is 0 Å². The van der Waals surface area contributed by atoms with Crippen molar-refractivity contribution in [1.82, 2.24) is 20.5 Å². The van der Waals surface area contributed by atoms with Crippen molar-refractivity contribution in [3.05, 3.63) is 88.2 Å². The lowest BCUT2D eigenvalue weighted by atomic mass is 9.72. The SMILES string of the molecule is CNCc1ccc(C(=O)N2CCCC(C(O)(CCCNC(=O)OC)c3cncc(Cl)c3-c3cccc(C(C)C)c3)C2)cc1. The number of nitrogens with one attached hydrogen (secondary N) is 2. The lowest BCUT2D eigenvalue weighted by Crippen LogP contribution is -2.48. The second-order valence-electron chi connectivity index (χ2n) is 11.6. The number of nitrogens with zero attached hydrogens (tertiary/aromatic N) is 2. The first kappa shape index (κ1) is 32.5. The molecule has 0 saturated carbocycles. The molecule has 230 valence electrons. The van der Waals surface area contributed by atoms with E-state index < -0.39 is 11.7 Å². The fourth-order valence-corrected chi connectivity index (χ4v) is 6.26. The maximum atomic E-state index is 13.6. The Morgan fingerprint density at radius 1 is 1.19 bits per heavy atom. The summed E-state index contributed by atoms with van der Waals surface area (Å²) in [6, 6.07) is 15.9. The van der Waals surface area contributed by atoms with Gasteiger partial charge < -0.3 is 25.4 Å². The quantitative estimate of drug-likeness (QED) is 0.227. The molecule has 3 N–H and O–H groups in total. The summed E-state index contributed by atoms with van der Waals surface area (Å²) in [6.07, 6.45) is 5.10. The summed E-state index contributed by atoms with van der Waals surface area (Å²) in [5.74, 6) is -0.0128. The van der Waals surface area contributed by atoms with E-state index in [0.717, 1.165) is 41.6 Å². The number of aliphatic hydroxyl groups is 1. The Hall–Kier alpha value is -3.46. The fourth-order valence-electron chi connectivity index (χ4n) is 5.99. The van der Waals surface area contributed by atoms with Crippen LogP contribution in [0.5, 0.6) is 0 Å². The molecule has 2 heterocycles. The highest BCUT2D eigenvalue weighted by molar-refractivity contribution is 6.33. The van der Waals surface area contributed by atoms with E-state index in [1.54, 1.807) is 12.4 Å². The highest BCUT2D eigenvalue weighted by Crippen LogP contribution is 2.45. The van der Waals surface area contributed by atoms with Gasteiger partial charge in [-0.25, -0.2) is 4.79 Å². The highest BCUT2D eigenvalue weighted by atomic mass is 35.5. The Morgan fingerprint density at radius 3 is 2.65 bits per heavy atom. The summed E-state index contributed by atoms with van der Waals surface area (Å²) in [5.41, 5.74) is 3.81. The molecule has 2 aromatic carbocycles. The third-order valence-corrected chi connectivity index (χ3v) is 8.65. The van der Waals surface area contributed by atoms with Gasteiger partial charge in [0.2, 0.25) is 0 Å². The van der Waals surface area contributed by atoms with Crippen molar-refractivity contribution in [2.75, 3.05) is 33.8 Å². The topological polar surface area (TPSA) is 104 Å². The van der Waals surface area contributed by atoms with E-state index >= 15 is 0 Å². The van der Waals surface area contributed by atoms with Crippen LogP contribution in [0.1, 0.15) is 72.5 Å². The number of aromatic nitrogens is 1. The summed E-state index contributed by atoms with van der Waals surface area (Å²) in [6.45, 7) is 6.34. The van der Waals surface area contributed by atoms with E-state index in [-0.39, 0.29) is 11.8 Å². The van der Waals surface area contributed by atoms with E-state index in [0.29, 0.717) is 54.5 Å². The number of hydrogen-bond donors (Lipinski definition) is 3. The van der Waals surface area contributed by atoms with Crippen LogP contribution in [-0.2, 0) is 16.9 Å². The van der Waals surface area contributed by atoms with Crippen LogP contribution < -0.4 is 10.6 Å². The zero-order chi connectivity index (χ0) is 31.0. The van der Waals surface area contributed by atoms with Crippen molar-refractivity contribution in [3.63, 3.8) is 0 Å². The predicted molar refractivity (Wildman–Crippen MR) is 170 cm³/mol. The summed E-state index contributed by atoms with van der Waals surface area (Å²) in [5, 5.41) is 19.0. The standard InChI is InChI=1S/C34H43ClN4O4/c1-23(2)26-8-5-9-27(18-26)31-29(20-37-21-30(31)35)34(42,15-7-16-38-33(41)43-4)28-10-6-17-39(22-28)32(40)25-13-11-24(12-14-25)19-36-3/h5,8-9,11-14,18,20-21,23,28,36,42H,6-7,10,15-17,19,22H2,1-4H3,(H,38,41). The van der Waals surface area contributed by atoms with E-state index in [1.165, 1.54) is 7.11 Å². The molecule has 3 aromatic rings. The number of rotatable bonds is 11.